The minimum atomic E-state index is -1.02. The molecule has 0 amide bonds. The molecular formula is C23H32INO2. The van der Waals surface area contributed by atoms with Gasteiger partial charge in [0.15, 0.2) is 5.76 Å². The van der Waals surface area contributed by atoms with Crippen LogP contribution in [-0.4, -0.2) is 30.2 Å². The Bertz CT molecular complexity index is 736. The van der Waals surface area contributed by atoms with E-state index in [0.29, 0.717) is 6.04 Å². The fourth-order valence-corrected chi connectivity index (χ4v) is 5.21. The van der Waals surface area contributed by atoms with Gasteiger partial charge in [-0.25, -0.2) is 0 Å². The molecule has 1 aliphatic carbocycles. The highest BCUT2D eigenvalue weighted by molar-refractivity contribution is 5.33. The second-order valence-corrected chi connectivity index (χ2v) is 8.83. The summed E-state index contributed by atoms with van der Waals surface area (Å²) in [6.45, 7) is 1.19. The predicted molar refractivity (Wildman–Crippen MR) is 104 cm³/mol. The topological polar surface area (TPSA) is 33.4 Å². The first kappa shape index (κ1) is 20.9. The molecule has 4 heteroatoms. The number of nitrogens with zero attached hydrogens (tertiary/aromatic N) is 1. The summed E-state index contributed by atoms with van der Waals surface area (Å²) in [5, 5.41) is 12.0. The van der Waals surface area contributed by atoms with Gasteiger partial charge in [-0.2, -0.15) is 0 Å². The highest BCUT2D eigenvalue weighted by atomic mass is 127. The molecule has 2 aromatic rings. The number of benzene rings is 1. The monoisotopic (exact) mass is 481 g/mol. The zero-order valence-electron chi connectivity index (χ0n) is 16.5. The summed E-state index contributed by atoms with van der Waals surface area (Å²) in [6, 6.07) is 14.7. The summed E-state index contributed by atoms with van der Waals surface area (Å²) in [7, 11) is 4.56. The van der Waals surface area contributed by atoms with E-state index >= 15 is 0 Å². The van der Waals surface area contributed by atoms with Crippen LogP contribution < -0.4 is 24.0 Å². The Kier molecular flexibility index (Phi) is 6.38. The number of halogens is 1. The zero-order chi connectivity index (χ0) is 18.2. The van der Waals surface area contributed by atoms with Gasteiger partial charge in [0.05, 0.1) is 20.6 Å². The molecule has 2 fully saturated rings. The Morgan fingerprint density at radius 2 is 1.63 bits per heavy atom. The molecule has 3 nitrogen and oxygen atoms in total. The molecule has 27 heavy (non-hydrogen) atoms. The SMILES string of the molecule is C[N+]1(C)CCC[C@@H]1c1ccc([C@@](O)(c2ccccc2)C2CCCCC2)o1.[I-]. The minimum absolute atomic E-state index is 0. The molecule has 0 spiro atoms. The van der Waals surface area contributed by atoms with Crippen LogP contribution in [0.15, 0.2) is 46.9 Å². The number of furan rings is 1. The maximum Gasteiger partial charge on any atom is 0.161 e. The van der Waals surface area contributed by atoms with Crippen molar-refractivity contribution in [3.05, 3.63) is 59.5 Å². The Morgan fingerprint density at radius 1 is 0.926 bits per heavy atom. The summed E-state index contributed by atoms with van der Waals surface area (Å²) in [5.74, 6) is 1.99. The molecule has 0 bridgehead atoms. The van der Waals surface area contributed by atoms with Gasteiger partial charge in [-0.3, -0.25) is 0 Å². The van der Waals surface area contributed by atoms with Crippen LogP contribution >= 0.6 is 0 Å². The second kappa shape index (κ2) is 8.26. The third kappa shape index (κ3) is 3.85. The van der Waals surface area contributed by atoms with Gasteiger partial charge in [-0.05, 0) is 36.5 Å². The Hall–Kier alpha value is -0.850. The van der Waals surface area contributed by atoms with Crippen molar-refractivity contribution in [3.8, 4) is 0 Å². The Morgan fingerprint density at radius 3 is 2.26 bits per heavy atom. The average Bonchev–Trinajstić information content (AvgIpc) is 3.28. The molecule has 2 atom stereocenters. The molecule has 148 valence electrons. The van der Waals surface area contributed by atoms with E-state index in [9.17, 15) is 5.11 Å². The number of hydrogen-bond donors (Lipinski definition) is 1. The van der Waals surface area contributed by atoms with Gasteiger partial charge < -0.3 is 38.0 Å². The molecule has 0 radical (unpaired) electrons. The van der Waals surface area contributed by atoms with Crippen LogP contribution in [0.2, 0.25) is 0 Å². The number of rotatable bonds is 4. The van der Waals surface area contributed by atoms with E-state index in [1.54, 1.807) is 0 Å². The van der Waals surface area contributed by atoms with Gasteiger partial charge in [0.25, 0.3) is 0 Å². The molecule has 2 aliphatic rings. The van der Waals surface area contributed by atoms with E-state index < -0.39 is 5.60 Å². The fourth-order valence-electron chi connectivity index (χ4n) is 5.21. The van der Waals surface area contributed by atoms with Crippen LogP contribution in [0, 0.1) is 5.92 Å². The maximum atomic E-state index is 12.0. The summed E-state index contributed by atoms with van der Waals surface area (Å²) in [4.78, 5) is 0. The van der Waals surface area contributed by atoms with Gasteiger partial charge in [-0.1, -0.05) is 49.6 Å². The smallest absolute Gasteiger partial charge is 0.161 e. The summed E-state index contributed by atoms with van der Waals surface area (Å²) >= 11 is 0. The first-order valence-corrected chi connectivity index (χ1v) is 10.2. The molecule has 1 aromatic heterocycles. The lowest BCUT2D eigenvalue weighted by atomic mass is 9.72. The van der Waals surface area contributed by atoms with Crippen molar-refractivity contribution in [1.82, 2.24) is 0 Å². The van der Waals surface area contributed by atoms with E-state index in [2.05, 4.69) is 20.2 Å². The van der Waals surface area contributed by atoms with Crippen LogP contribution in [0.1, 0.15) is 68.1 Å². The summed E-state index contributed by atoms with van der Waals surface area (Å²) in [6.07, 6.45) is 8.18. The zero-order valence-corrected chi connectivity index (χ0v) is 18.7. The lowest BCUT2D eigenvalue weighted by Crippen LogP contribution is -3.00. The van der Waals surface area contributed by atoms with Crippen molar-refractivity contribution in [2.24, 2.45) is 5.92 Å². The maximum absolute atomic E-state index is 12.0. The molecule has 2 heterocycles. The molecule has 1 aliphatic heterocycles. The molecule has 1 N–H and O–H groups in total. The lowest BCUT2D eigenvalue weighted by Gasteiger charge is -2.37. The van der Waals surface area contributed by atoms with E-state index in [0.717, 1.165) is 40.8 Å². The number of hydrogen-bond acceptors (Lipinski definition) is 2. The van der Waals surface area contributed by atoms with Crippen molar-refractivity contribution >= 4 is 0 Å². The van der Waals surface area contributed by atoms with Gasteiger partial charge in [0.2, 0.25) is 0 Å². The molecular weight excluding hydrogens is 449 g/mol. The van der Waals surface area contributed by atoms with Crippen LogP contribution in [0.4, 0.5) is 0 Å². The van der Waals surface area contributed by atoms with Crippen molar-refractivity contribution in [3.63, 3.8) is 0 Å². The van der Waals surface area contributed by atoms with E-state index in [1.165, 1.54) is 32.2 Å². The molecule has 4 rings (SSSR count). The van der Waals surface area contributed by atoms with Crippen molar-refractivity contribution < 1.29 is 38.0 Å². The van der Waals surface area contributed by atoms with Gasteiger partial charge >= 0.3 is 0 Å². The molecule has 1 aromatic carbocycles. The summed E-state index contributed by atoms with van der Waals surface area (Å²) in [5.41, 5.74) is -0.0525. The van der Waals surface area contributed by atoms with Crippen LogP contribution in [-0.2, 0) is 5.60 Å². The third-order valence-electron chi connectivity index (χ3n) is 6.80. The van der Waals surface area contributed by atoms with Crippen LogP contribution in [0.3, 0.4) is 0 Å². The number of likely N-dealkylation sites (tertiary alicyclic amines) is 1. The predicted octanol–water partition coefficient (Wildman–Crippen LogP) is 2.01. The first-order valence-electron chi connectivity index (χ1n) is 10.2. The third-order valence-corrected chi connectivity index (χ3v) is 6.80. The number of quaternary nitrogens is 1. The van der Waals surface area contributed by atoms with Crippen LogP contribution in [0.5, 0.6) is 0 Å². The van der Waals surface area contributed by atoms with Crippen molar-refractivity contribution in [1.29, 1.82) is 0 Å². The average molecular weight is 481 g/mol. The molecule has 1 saturated heterocycles. The molecule has 0 unspecified atom stereocenters. The van der Waals surface area contributed by atoms with Gasteiger partial charge in [0.1, 0.15) is 17.4 Å². The van der Waals surface area contributed by atoms with E-state index in [4.69, 9.17) is 4.42 Å². The van der Waals surface area contributed by atoms with Crippen LogP contribution in [0.25, 0.3) is 0 Å². The van der Waals surface area contributed by atoms with Crippen molar-refractivity contribution in [2.75, 3.05) is 20.6 Å². The highest BCUT2D eigenvalue weighted by Crippen LogP contribution is 2.46. The van der Waals surface area contributed by atoms with Gasteiger partial charge in [0, 0.05) is 12.8 Å². The lowest BCUT2D eigenvalue weighted by molar-refractivity contribution is -0.909. The number of aliphatic hydroxyl groups is 1. The Labute approximate surface area is 180 Å². The first-order chi connectivity index (χ1) is 12.5. The quantitative estimate of drug-likeness (QED) is 0.536. The van der Waals surface area contributed by atoms with E-state index in [1.807, 2.05) is 36.4 Å². The largest absolute Gasteiger partial charge is 1.00 e. The highest BCUT2D eigenvalue weighted by Gasteiger charge is 2.45. The summed E-state index contributed by atoms with van der Waals surface area (Å²) < 4.78 is 7.38. The normalized spacial score (nSPS) is 24.9. The van der Waals surface area contributed by atoms with Crippen molar-refractivity contribution in [2.45, 2.75) is 56.6 Å². The molecule has 1 saturated carbocycles. The fraction of sp³-hybridized carbons (Fsp3) is 0.565. The second-order valence-electron chi connectivity index (χ2n) is 8.83. The standard InChI is InChI=1S/C23H32NO2.HI/c1-24(2)17-9-14-20(24)21-15-16-22(26-21)23(25,18-10-5-3-6-11-18)19-12-7-4-8-13-19;/h3,5-6,10-11,15-16,19-20,25H,4,7-9,12-14,17H2,1-2H3;1H/q+1;/p-1/t20-,23-;/m1./s1. The van der Waals surface area contributed by atoms with E-state index in [-0.39, 0.29) is 29.9 Å². The minimum Gasteiger partial charge on any atom is -1.00 e. The Balaban J connectivity index is 0.00000210. The van der Waals surface area contributed by atoms with Gasteiger partial charge in [-0.15, -0.1) is 0 Å².